The minimum absolute atomic E-state index is 0.589. The fourth-order valence-electron chi connectivity index (χ4n) is 2.03. The summed E-state index contributed by atoms with van der Waals surface area (Å²) in [5.74, 6) is 0.589. The summed E-state index contributed by atoms with van der Waals surface area (Å²) in [4.78, 5) is 4.79. The van der Waals surface area contributed by atoms with E-state index in [0.29, 0.717) is 5.92 Å². The summed E-state index contributed by atoms with van der Waals surface area (Å²) in [5, 5.41) is 0. The summed E-state index contributed by atoms with van der Waals surface area (Å²) in [6.45, 7) is 11.0. The molecule has 0 atom stereocenters. The van der Waals surface area contributed by atoms with Gasteiger partial charge in [-0.05, 0) is 32.9 Å². The Kier molecular flexibility index (Phi) is 3.99. The first-order valence-corrected chi connectivity index (χ1v) is 5.62. The van der Waals surface area contributed by atoms with Crippen molar-refractivity contribution in [2.24, 2.45) is 5.92 Å². The molecule has 0 radical (unpaired) electrons. The lowest BCUT2D eigenvalue weighted by Crippen LogP contribution is -2.41. The van der Waals surface area contributed by atoms with Crippen LogP contribution < -0.4 is 0 Å². The molecule has 0 saturated carbocycles. The van der Waals surface area contributed by atoms with Gasteiger partial charge in [0.05, 0.1) is 0 Å². The summed E-state index contributed by atoms with van der Waals surface area (Å²) < 4.78 is 0. The highest BCUT2D eigenvalue weighted by atomic mass is 15.2. The van der Waals surface area contributed by atoms with Gasteiger partial charge in [-0.3, -0.25) is 0 Å². The molecule has 2 nitrogen and oxygen atoms in total. The van der Waals surface area contributed by atoms with Gasteiger partial charge >= 0.3 is 0 Å². The molecule has 1 heterocycles. The molecule has 0 bridgehead atoms. The van der Waals surface area contributed by atoms with Gasteiger partial charge in [-0.1, -0.05) is 20.4 Å². The number of piperidine rings is 1. The van der Waals surface area contributed by atoms with E-state index in [0.717, 1.165) is 6.04 Å². The monoisotopic (exact) mass is 196 g/mol. The highest BCUT2D eigenvalue weighted by Gasteiger charge is 2.21. The number of rotatable bonds is 3. The van der Waals surface area contributed by atoms with E-state index in [-0.39, 0.29) is 0 Å². The summed E-state index contributed by atoms with van der Waals surface area (Å²) in [6.07, 6.45) is 2.55. The third-order valence-corrected chi connectivity index (χ3v) is 3.27. The largest absolute Gasteiger partial charge is 0.375 e. The molecule has 0 aromatic rings. The molecule has 1 fully saturated rings. The standard InChI is InChI=1S/C12H24N2/c1-10(2)11(3)14-8-6-12(7-9-14)13(4)5/h10,12H,3,6-9H2,1-2,4-5H3. The van der Waals surface area contributed by atoms with Crippen molar-refractivity contribution in [2.75, 3.05) is 27.2 Å². The Morgan fingerprint density at radius 2 is 1.79 bits per heavy atom. The molecular formula is C12H24N2. The minimum Gasteiger partial charge on any atom is -0.375 e. The van der Waals surface area contributed by atoms with Gasteiger partial charge in [0.15, 0.2) is 0 Å². The number of likely N-dealkylation sites (tertiary alicyclic amines) is 1. The van der Waals surface area contributed by atoms with Gasteiger partial charge in [-0.2, -0.15) is 0 Å². The van der Waals surface area contributed by atoms with Gasteiger partial charge in [0, 0.05) is 24.8 Å². The quantitative estimate of drug-likeness (QED) is 0.682. The zero-order chi connectivity index (χ0) is 10.7. The van der Waals surface area contributed by atoms with E-state index in [1.54, 1.807) is 0 Å². The van der Waals surface area contributed by atoms with E-state index < -0.39 is 0 Å². The van der Waals surface area contributed by atoms with Crippen molar-refractivity contribution in [3.05, 3.63) is 12.3 Å². The lowest BCUT2D eigenvalue weighted by Gasteiger charge is -2.38. The molecule has 1 aliphatic rings. The number of hydrogen-bond acceptors (Lipinski definition) is 2. The average molecular weight is 196 g/mol. The second kappa shape index (κ2) is 4.83. The smallest absolute Gasteiger partial charge is 0.0189 e. The predicted molar refractivity (Wildman–Crippen MR) is 62.3 cm³/mol. The van der Waals surface area contributed by atoms with Crippen LogP contribution in [0.25, 0.3) is 0 Å². The molecule has 14 heavy (non-hydrogen) atoms. The molecule has 1 saturated heterocycles. The lowest BCUT2D eigenvalue weighted by atomic mass is 10.0. The van der Waals surface area contributed by atoms with Crippen molar-refractivity contribution in [1.82, 2.24) is 9.80 Å². The van der Waals surface area contributed by atoms with E-state index in [4.69, 9.17) is 0 Å². The Balaban J connectivity index is 2.39. The van der Waals surface area contributed by atoms with Crippen molar-refractivity contribution in [3.8, 4) is 0 Å². The highest BCUT2D eigenvalue weighted by molar-refractivity contribution is 4.99. The molecule has 0 unspecified atom stereocenters. The Hall–Kier alpha value is -0.500. The van der Waals surface area contributed by atoms with Crippen molar-refractivity contribution in [3.63, 3.8) is 0 Å². The van der Waals surface area contributed by atoms with Crippen LogP contribution in [0.2, 0.25) is 0 Å². The van der Waals surface area contributed by atoms with Crippen LogP contribution in [0.5, 0.6) is 0 Å². The molecule has 82 valence electrons. The van der Waals surface area contributed by atoms with E-state index in [9.17, 15) is 0 Å². The van der Waals surface area contributed by atoms with Crippen molar-refractivity contribution >= 4 is 0 Å². The summed E-state index contributed by atoms with van der Waals surface area (Å²) in [6, 6.07) is 0.770. The van der Waals surface area contributed by atoms with Crippen LogP contribution >= 0.6 is 0 Å². The van der Waals surface area contributed by atoms with Crippen molar-refractivity contribution < 1.29 is 0 Å². The minimum atomic E-state index is 0.589. The zero-order valence-corrected chi connectivity index (χ0v) is 10.1. The molecule has 0 aliphatic carbocycles. The fourth-order valence-corrected chi connectivity index (χ4v) is 2.03. The fraction of sp³-hybridized carbons (Fsp3) is 0.833. The summed E-state index contributed by atoms with van der Waals surface area (Å²) >= 11 is 0. The Morgan fingerprint density at radius 1 is 1.29 bits per heavy atom. The van der Waals surface area contributed by atoms with Crippen molar-refractivity contribution in [1.29, 1.82) is 0 Å². The van der Waals surface area contributed by atoms with Gasteiger partial charge in [-0.25, -0.2) is 0 Å². The molecule has 2 heteroatoms. The second-order valence-electron chi connectivity index (χ2n) is 4.83. The summed E-state index contributed by atoms with van der Waals surface area (Å²) in [5.41, 5.74) is 1.31. The van der Waals surface area contributed by atoms with E-state index >= 15 is 0 Å². The molecular weight excluding hydrogens is 172 g/mol. The Bertz CT molecular complexity index is 188. The summed E-state index contributed by atoms with van der Waals surface area (Å²) in [7, 11) is 4.36. The molecule has 0 aromatic heterocycles. The van der Waals surface area contributed by atoms with Gasteiger partial charge in [-0.15, -0.1) is 0 Å². The third kappa shape index (κ3) is 2.74. The maximum Gasteiger partial charge on any atom is 0.0189 e. The number of hydrogen-bond donors (Lipinski definition) is 0. The molecule has 1 aliphatic heterocycles. The van der Waals surface area contributed by atoms with Crippen LogP contribution in [0.15, 0.2) is 12.3 Å². The zero-order valence-electron chi connectivity index (χ0n) is 10.1. The van der Waals surface area contributed by atoms with E-state index in [1.807, 2.05) is 0 Å². The molecule has 0 amide bonds. The van der Waals surface area contributed by atoms with Gasteiger partial charge < -0.3 is 9.80 Å². The maximum atomic E-state index is 4.16. The van der Waals surface area contributed by atoms with E-state index in [2.05, 4.69) is 44.3 Å². The predicted octanol–water partition coefficient (Wildman–Crippen LogP) is 2.18. The SMILES string of the molecule is C=C(C(C)C)N1CCC(N(C)C)CC1. The van der Waals surface area contributed by atoms with Gasteiger partial charge in [0.1, 0.15) is 0 Å². The highest BCUT2D eigenvalue weighted by Crippen LogP contribution is 2.20. The molecule has 0 aromatic carbocycles. The Morgan fingerprint density at radius 3 is 2.14 bits per heavy atom. The normalized spacial score (nSPS) is 19.4. The maximum absolute atomic E-state index is 4.16. The van der Waals surface area contributed by atoms with Crippen LogP contribution in [0.4, 0.5) is 0 Å². The topological polar surface area (TPSA) is 6.48 Å². The Labute approximate surface area is 88.6 Å². The molecule has 1 rings (SSSR count). The number of allylic oxidation sites excluding steroid dienone is 1. The van der Waals surface area contributed by atoms with Crippen LogP contribution in [0.3, 0.4) is 0 Å². The van der Waals surface area contributed by atoms with Crippen molar-refractivity contribution in [2.45, 2.75) is 32.7 Å². The van der Waals surface area contributed by atoms with Crippen LogP contribution in [-0.2, 0) is 0 Å². The average Bonchev–Trinajstić information content (AvgIpc) is 2.16. The second-order valence-corrected chi connectivity index (χ2v) is 4.83. The van der Waals surface area contributed by atoms with Crippen LogP contribution in [0, 0.1) is 5.92 Å². The van der Waals surface area contributed by atoms with Crippen LogP contribution in [0.1, 0.15) is 26.7 Å². The first kappa shape index (κ1) is 11.6. The first-order chi connectivity index (χ1) is 6.52. The molecule has 0 N–H and O–H groups in total. The van der Waals surface area contributed by atoms with E-state index in [1.165, 1.54) is 31.6 Å². The van der Waals surface area contributed by atoms with Gasteiger partial charge in [0.2, 0.25) is 0 Å². The number of nitrogens with zero attached hydrogens (tertiary/aromatic N) is 2. The molecule has 0 spiro atoms. The third-order valence-electron chi connectivity index (χ3n) is 3.27. The first-order valence-electron chi connectivity index (χ1n) is 5.62. The van der Waals surface area contributed by atoms with Crippen LogP contribution in [-0.4, -0.2) is 43.0 Å². The lowest BCUT2D eigenvalue weighted by molar-refractivity contribution is 0.163. The van der Waals surface area contributed by atoms with Gasteiger partial charge in [0.25, 0.3) is 0 Å².